The molecule has 0 aliphatic heterocycles. The highest BCUT2D eigenvalue weighted by atomic mass is 16.5. The van der Waals surface area contributed by atoms with Crippen molar-refractivity contribution < 1.29 is 14.3 Å². The van der Waals surface area contributed by atoms with E-state index in [2.05, 4.69) is 36.2 Å². The molecular formula is C27H29N7O3. The van der Waals surface area contributed by atoms with Gasteiger partial charge >= 0.3 is 0 Å². The number of ether oxygens (including phenoxy) is 2. The predicted molar refractivity (Wildman–Crippen MR) is 145 cm³/mol. The van der Waals surface area contributed by atoms with E-state index in [1.165, 1.54) is 0 Å². The molecule has 0 aliphatic carbocycles. The molecule has 0 bridgehead atoms. The molecular weight excluding hydrogens is 470 g/mol. The van der Waals surface area contributed by atoms with Gasteiger partial charge in [-0.2, -0.15) is 15.0 Å². The van der Waals surface area contributed by atoms with E-state index in [1.54, 1.807) is 21.1 Å². The van der Waals surface area contributed by atoms with Crippen LogP contribution < -0.4 is 30.7 Å². The second-order valence-electron chi connectivity index (χ2n) is 8.23. The summed E-state index contributed by atoms with van der Waals surface area (Å²) in [7, 11) is 3.22. The molecule has 10 nitrogen and oxygen atoms in total. The summed E-state index contributed by atoms with van der Waals surface area (Å²) in [6.45, 7) is 3.73. The van der Waals surface area contributed by atoms with Crippen LogP contribution in [0.25, 0.3) is 0 Å². The largest absolute Gasteiger partial charge is 0.497 e. The Morgan fingerprint density at radius 1 is 0.676 bits per heavy atom. The molecule has 0 unspecified atom stereocenters. The Labute approximate surface area is 215 Å². The highest BCUT2D eigenvalue weighted by Crippen LogP contribution is 2.22. The maximum absolute atomic E-state index is 12.8. The molecule has 1 aromatic heterocycles. The Balaban J connectivity index is 1.54. The third-order valence-electron chi connectivity index (χ3n) is 5.39. The molecule has 0 aliphatic rings. The highest BCUT2D eigenvalue weighted by Gasteiger charge is 2.16. The lowest BCUT2D eigenvalue weighted by Gasteiger charge is -2.16. The Hall–Kier alpha value is -4.86. The van der Waals surface area contributed by atoms with Crippen molar-refractivity contribution in [2.75, 3.05) is 35.5 Å². The number of carbonyl (C=O) groups excluding carboxylic acids is 1. The average molecular weight is 500 g/mol. The summed E-state index contributed by atoms with van der Waals surface area (Å²) in [5.74, 6) is 2.07. The molecule has 4 N–H and O–H groups in total. The molecule has 1 amide bonds. The van der Waals surface area contributed by atoms with Gasteiger partial charge in [0.15, 0.2) is 0 Å². The normalized spacial score (nSPS) is 11.2. The summed E-state index contributed by atoms with van der Waals surface area (Å²) in [6, 6.07) is 21.7. The molecule has 10 heteroatoms. The number of aryl methyl sites for hydroxylation is 1. The van der Waals surface area contributed by atoms with Gasteiger partial charge in [0.1, 0.15) is 17.5 Å². The van der Waals surface area contributed by atoms with Crippen molar-refractivity contribution in [1.82, 2.24) is 15.0 Å². The fraction of sp³-hybridized carbons (Fsp3) is 0.185. The van der Waals surface area contributed by atoms with Crippen molar-refractivity contribution >= 4 is 40.8 Å². The van der Waals surface area contributed by atoms with Gasteiger partial charge < -0.3 is 30.7 Å². The van der Waals surface area contributed by atoms with Crippen molar-refractivity contribution in [2.45, 2.75) is 19.9 Å². The molecule has 0 radical (unpaired) electrons. The predicted octanol–water partition coefficient (Wildman–Crippen LogP) is 5.12. The van der Waals surface area contributed by atoms with Crippen LogP contribution in [0.15, 0.2) is 72.8 Å². The van der Waals surface area contributed by atoms with E-state index in [0.717, 1.165) is 28.4 Å². The van der Waals surface area contributed by atoms with Crippen LogP contribution in [0, 0.1) is 6.92 Å². The first-order valence-corrected chi connectivity index (χ1v) is 11.6. The summed E-state index contributed by atoms with van der Waals surface area (Å²) in [6.07, 6.45) is 0. The van der Waals surface area contributed by atoms with Crippen LogP contribution in [0.1, 0.15) is 12.5 Å². The number of anilines is 6. The molecule has 37 heavy (non-hydrogen) atoms. The van der Waals surface area contributed by atoms with Crippen molar-refractivity contribution in [1.29, 1.82) is 0 Å². The summed E-state index contributed by atoms with van der Waals surface area (Å²) in [4.78, 5) is 26.2. The van der Waals surface area contributed by atoms with E-state index in [-0.39, 0.29) is 11.9 Å². The van der Waals surface area contributed by atoms with Crippen LogP contribution in [0.3, 0.4) is 0 Å². The molecule has 0 saturated carbocycles. The lowest BCUT2D eigenvalue weighted by Crippen LogP contribution is -2.32. The van der Waals surface area contributed by atoms with E-state index >= 15 is 0 Å². The molecule has 3 aromatic carbocycles. The molecule has 190 valence electrons. The lowest BCUT2D eigenvalue weighted by molar-refractivity contribution is -0.116. The van der Waals surface area contributed by atoms with Crippen LogP contribution >= 0.6 is 0 Å². The molecule has 4 aromatic rings. The van der Waals surface area contributed by atoms with Gasteiger partial charge in [-0.15, -0.1) is 0 Å². The van der Waals surface area contributed by atoms with Gasteiger partial charge in [-0.1, -0.05) is 17.7 Å². The highest BCUT2D eigenvalue weighted by molar-refractivity contribution is 5.96. The Morgan fingerprint density at radius 3 is 1.57 bits per heavy atom. The van der Waals surface area contributed by atoms with Crippen LogP contribution in [-0.2, 0) is 4.79 Å². The van der Waals surface area contributed by atoms with E-state index in [1.807, 2.05) is 79.7 Å². The summed E-state index contributed by atoms with van der Waals surface area (Å²) in [5, 5.41) is 12.3. The van der Waals surface area contributed by atoms with Crippen molar-refractivity contribution in [3.8, 4) is 11.5 Å². The van der Waals surface area contributed by atoms with E-state index in [9.17, 15) is 4.79 Å². The van der Waals surface area contributed by atoms with Crippen molar-refractivity contribution in [3.05, 3.63) is 78.4 Å². The Kier molecular flexibility index (Phi) is 7.99. The monoisotopic (exact) mass is 499 g/mol. The second-order valence-corrected chi connectivity index (χ2v) is 8.23. The number of aromatic nitrogens is 3. The zero-order chi connectivity index (χ0) is 26.2. The SMILES string of the molecule is COc1ccc(Nc2nc(Nc3ccc(OC)cc3)nc(N[C@H](C)C(=O)Nc3ccc(C)cc3)n2)cc1. The quantitative estimate of drug-likeness (QED) is 0.235. The first-order chi connectivity index (χ1) is 17.9. The molecule has 0 spiro atoms. The third kappa shape index (κ3) is 7.07. The lowest BCUT2D eigenvalue weighted by atomic mass is 10.2. The number of nitrogens with zero attached hydrogens (tertiary/aromatic N) is 3. The number of hydrogen-bond acceptors (Lipinski definition) is 9. The summed E-state index contributed by atoms with van der Waals surface area (Å²) >= 11 is 0. The zero-order valence-corrected chi connectivity index (χ0v) is 21.1. The van der Waals surface area contributed by atoms with Crippen LogP contribution in [0.2, 0.25) is 0 Å². The van der Waals surface area contributed by atoms with Crippen LogP contribution in [0.5, 0.6) is 11.5 Å². The van der Waals surface area contributed by atoms with Crippen LogP contribution in [0.4, 0.5) is 34.9 Å². The number of benzene rings is 3. The third-order valence-corrected chi connectivity index (χ3v) is 5.39. The number of nitrogens with one attached hydrogen (secondary N) is 4. The molecule has 0 saturated heterocycles. The van der Waals surface area contributed by atoms with Gasteiger partial charge in [0, 0.05) is 17.1 Å². The van der Waals surface area contributed by atoms with Gasteiger partial charge in [-0.25, -0.2) is 0 Å². The molecule has 4 rings (SSSR count). The number of hydrogen-bond donors (Lipinski definition) is 4. The Bertz CT molecular complexity index is 1260. The van der Waals surface area contributed by atoms with E-state index in [4.69, 9.17) is 9.47 Å². The summed E-state index contributed by atoms with van der Waals surface area (Å²) in [5.41, 5.74) is 3.35. The zero-order valence-electron chi connectivity index (χ0n) is 21.1. The number of amides is 1. The van der Waals surface area contributed by atoms with E-state index in [0.29, 0.717) is 17.6 Å². The number of methoxy groups -OCH3 is 2. The smallest absolute Gasteiger partial charge is 0.246 e. The first kappa shape index (κ1) is 25.2. The minimum absolute atomic E-state index is 0.224. The maximum atomic E-state index is 12.8. The van der Waals surface area contributed by atoms with Gasteiger partial charge in [-0.3, -0.25) is 4.79 Å². The molecule has 1 atom stereocenters. The standard InChI is InChI=1S/C27H29N7O3/c1-17-5-7-19(8-6-17)29-24(35)18(2)28-25-32-26(30-20-9-13-22(36-3)14-10-20)34-27(33-25)31-21-11-15-23(37-4)16-12-21/h5-16,18H,1-4H3,(H,29,35)(H3,28,30,31,32,33,34)/t18-/m1/s1. The summed E-state index contributed by atoms with van der Waals surface area (Å²) < 4.78 is 10.4. The first-order valence-electron chi connectivity index (χ1n) is 11.6. The van der Waals surface area contributed by atoms with Crippen molar-refractivity contribution in [3.63, 3.8) is 0 Å². The fourth-order valence-electron chi connectivity index (χ4n) is 3.31. The fourth-order valence-corrected chi connectivity index (χ4v) is 3.31. The van der Waals surface area contributed by atoms with Gasteiger partial charge in [0.05, 0.1) is 14.2 Å². The Morgan fingerprint density at radius 2 is 1.11 bits per heavy atom. The van der Waals surface area contributed by atoms with Gasteiger partial charge in [0.25, 0.3) is 0 Å². The molecule has 0 fully saturated rings. The molecule has 1 heterocycles. The minimum Gasteiger partial charge on any atom is -0.497 e. The maximum Gasteiger partial charge on any atom is 0.246 e. The minimum atomic E-state index is -0.619. The number of rotatable bonds is 10. The van der Waals surface area contributed by atoms with Crippen LogP contribution in [-0.4, -0.2) is 41.1 Å². The van der Waals surface area contributed by atoms with E-state index < -0.39 is 6.04 Å². The topological polar surface area (TPSA) is 122 Å². The van der Waals surface area contributed by atoms with Gasteiger partial charge in [-0.05, 0) is 74.5 Å². The van der Waals surface area contributed by atoms with Crippen molar-refractivity contribution in [2.24, 2.45) is 0 Å². The van der Waals surface area contributed by atoms with Gasteiger partial charge in [0.2, 0.25) is 23.8 Å². The number of carbonyl (C=O) groups is 1. The second kappa shape index (κ2) is 11.7. The average Bonchev–Trinajstić information content (AvgIpc) is 2.90.